The molecular formula is C15H15N3O4. The van der Waals surface area contributed by atoms with Gasteiger partial charge in [-0.2, -0.15) is 0 Å². The van der Waals surface area contributed by atoms with Gasteiger partial charge in [0.15, 0.2) is 0 Å². The SMILES string of the molecule is COc1ccnc(C(=O)N[C@@H](C)c2cccc([N+](=O)[O-])c2)c1. The van der Waals surface area contributed by atoms with Gasteiger partial charge in [-0.15, -0.1) is 0 Å². The van der Waals surface area contributed by atoms with Crippen LogP contribution in [0.25, 0.3) is 0 Å². The number of amides is 1. The Morgan fingerprint density at radius 2 is 2.14 bits per heavy atom. The Balaban J connectivity index is 2.13. The molecule has 0 radical (unpaired) electrons. The van der Waals surface area contributed by atoms with Gasteiger partial charge in [-0.1, -0.05) is 12.1 Å². The van der Waals surface area contributed by atoms with Crippen LogP contribution in [0.3, 0.4) is 0 Å². The van der Waals surface area contributed by atoms with Crippen molar-refractivity contribution in [2.45, 2.75) is 13.0 Å². The molecule has 0 aliphatic heterocycles. The molecule has 22 heavy (non-hydrogen) atoms. The molecule has 0 spiro atoms. The van der Waals surface area contributed by atoms with Gasteiger partial charge >= 0.3 is 0 Å². The fraction of sp³-hybridized carbons (Fsp3) is 0.200. The van der Waals surface area contributed by atoms with Crippen molar-refractivity contribution in [1.29, 1.82) is 0 Å². The van der Waals surface area contributed by atoms with Crippen LogP contribution in [0, 0.1) is 10.1 Å². The second kappa shape index (κ2) is 6.66. The maximum atomic E-state index is 12.2. The molecular weight excluding hydrogens is 286 g/mol. The molecule has 7 nitrogen and oxygen atoms in total. The van der Waals surface area contributed by atoms with Crippen LogP contribution in [0.15, 0.2) is 42.6 Å². The van der Waals surface area contributed by atoms with E-state index in [9.17, 15) is 14.9 Å². The van der Waals surface area contributed by atoms with E-state index in [1.54, 1.807) is 25.1 Å². The molecule has 114 valence electrons. The average molecular weight is 301 g/mol. The van der Waals surface area contributed by atoms with Gasteiger partial charge in [0.25, 0.3) is 11.6 Å². The fourth-order valence-corrected chi connectivity index (χ4v) is 1.92. The predicted molar refractivity (Wildman–Crippen MR) is 79.8 cm³/mol. The number of aromatic nitrogens is 1. The van der Waals surface area contributed by atoms with Gasteiger partial charge in [0, 0.05) is 24.4 Å². The van der Waals surface area contributed by atoms with Crippen molar-refractivity contribution in [3.8, 4) is 5.75 Å². The zero-order valence-electron chi connectivity index (χ0n) is 12.1. The molecule has 2 aromatic rings. The van der Waals surface area contributed by atoms with E-state index in [1.165, 1.54) is 31.5 Å². The first-order valence-corrected chi connectivity index (χ1v) is 6.56. The summed E-state index contributed by atoms with van der Waals surface area (Å²) in [5.74, 6) is 0.154. The van der Waals surface area contributed by atoms with Crippen LogP contribution in [-0.2, 0) is 0 Å². The third-order valence-electron chi connectivity index (χ3n) is 3.13. The average Bonchev–Trinajstić information content (AvgIpc) is 2.54. The number of nitrogens with one attached hydrogen (secondary N) is 1. The van der Waals surface area contributed by atoms with Gasteiger partial charge in [0.05, 0.1) is 18.1 Å². The molecule has 1 heterocycles. The molecule has 0 saturated heterocycles. The molecule has 0 aliphatic rings. The van der Waals surface area contributed by atoms with Crippen LogP contribution < -0.4 is 10.1 Å². The van der Waals surface area contributed by atoms with Crippen molar-refractivity contribution in [3.63, 3.8) is 0 Å². The van der Waals surface area contributed by atoms with Crippen molar-refractivity contribution in [1.82, 2.24) is 10.3 Å². The maximum Gasteiger partial charge on any atom is 0.270 e. The number of rotatable bonds is 5. The second-order valence-corrected chi connectivity index (χ2v) is 4.63. The largest absolute Gasteiger partial charge is 0.497 e. The van der Waals surface area contributed by atoms with E-state index in [1.807, 2.05) is 0 Å². The number of methoxy groups -OCH3 is 1. The Labute approximate surface area is 127 Å². The van der Waals surface area contributed by atoms with Crippen molar-refractivity contribution < 1.29 is 14.5 Å². The smallest absolute Gasteiger partial charge is 0.270 e. The lowest BCUT2D eigenvalue weighted by Gasteiger charge is -2.14. The molecule has 1 atom stereocenters. The molecule has 0 unspecified atom stereocenters. The summed E-state index contributed by atoms with van der Waals surface area (Å²) in [6.45, 7) is 1.75. The van der Waals surface area contributed by atoms with E-state index in [4.69, 9.17) is 4.74 Å². The number of pyridine rings is 1. The minimum absolute atomic E-state index is 0.0156. The highest BCUT2D eigenvalue weighted by molar-refractivity contribution is 5.92. The summed E-state index contributed by atoms with van der Waals surface area (Å²) in [4.78, 5) is 26.4. The van der Waals surface area contributed by atoms with E-state index in [-0.39, 0.29) is 23.3 Å². The summed E-state index contributed by atoms with van der Waals surface area (Å²) >= 11 is 0. The molecule has 1 amide bonds. The quantitative estimate of drug-likeness (QED) is 0.676. The number of nitrogens with zero attached hydrogens (tertiary/aromatic N) is 2. The van der Waals surface area contributed by atoms with Crippen molar-refractivity contribution in [2.75, 3.05) is 7.11 Å². The number of ether oxygens (including phenoxy) is 1. The van der Waals surface area contributed by atoms with E-state index in [0.717, 1.165) is 0 Å². The summed E-state index contributed by atoms with van der Waals surface area (Å²) in [5.41, 5.74) is 0.847. The summed E-state index contributed by atoms with van der Waals surface area (Å²) in [6, 6.07) is 8.92. The molecule has 0 fully saturated rings. The summed E-state index contributed by atoms with van der Waals surface area (Å²) in [7, 11) is 1.50. The lowest BCUT2D eigenvalue weighted by atomic mass is 10.1. The van der Waals surface area contributed by atoms with Crippen molar-refractivity contribution in [3.05, 3.63) is 64.0 Å². The van der Waals surface area contributed by atoms with E-state index in [0.29, 0.717) is 11.3 Å². The molecule has 0 saturated carbocycles. The molecule has 7 heteroatoms. The molecule has 1 aromatic heterocycles. The van der Waals surface area contributed by atoms with Gasteiger partial charge in [-0.05, 0) is 18.6 Å². The summed E-state index contributed by atoms with van der Waals surface area (Å²) in [6.07, 6.45) is 1.48. The fourth-order valence-electron chi connectivity index (χ4n) is 1.92. The zero-order chi connectivity index (χ0) is 16.1. The van der Waals surface area contributed by atoms with Crippen LogP contribution in [-0.4, -0.2) is 22.9 Å². The lowest BCUT2D eigenvalue weighted by Crippen LogP contribution is -2.27. The van der Waals surface area contributed by atoms with Gasteiger partial charge < -0.3 is 10.1 Å². The predicted octanol–water partition coefficient (Wildman–Crippen LogP) is 2.49. The first-order chi connectivity index (χ1) is 10.5. The van der Waals surface area contributed by atoms with E-state index in [2.05, 4.69) is 10.3 Å². The standard InChI is InChI=1S/C15H15N3O4/c1-10(11-4-3-5-12(8-11)18(20)21)17-15(19)14-9-13(22-2)6-7-16-14/h3-10H,1-2H3,(H,17,19)/t10-/m0/s1. The molecule has 0 aliphatic carbocycles. The van der Waals surface area contributed by atoms with Crippen LogP contribution in [0.4, 0.5) is 5.69 Å². The van der Waals surface area contributed by atoms with Crippen molar-refractivity contribution in [2.24, 2.45) is 0 Å². The number of carbonyl (C=O) groups is 1. The minimum atomic E-state index is -0.471. The summed E-state index contributed by atoms with van der Waals surface area (Å²) < 4.78 is 5.04. The lowest BCUT2D eigenvalue weighted by molar-refractivity contribution is -0.384. The Hall–Kier alpha value is -2.96. The zero-order valence-corrected chi connectivity index (χ0v) is 12.1. The first kappa shape index (κ1) is 15.4. The second-order valence-electron chi connectivity index (χ2n) is 4.63. The molecule has 1 aromatic carbocycles. The van der Waals surface area contributed by atoms with Crippen LogP contribution in [0.2, 0.25) is 0 Å². The highest BCUT2D eigenvalue weighted by Crippen LogP contribution is 2.19. The number of non-ortho nitro benzene ring substituents is 1. The van der Waals surface area contributed by atoms with E-state index < -0.39 is 4.92 Å². The maximum absolute atomic E-state index is 12.2. The van der Waals surface area contributed by atoms with Gasteiger partial charge in [-0.25, -0.2) is 0 Å². The number of carbonyl (C=O) groups excluding carboxylic acids is 1. The normalized spacial score (nSPS) is 11.5. The third-order valence-corrected chi connectivity index (χ3v) is 3.13. The van der Waals surface area contributed by atoms with Crippen LogP contribution >= 0.6 is 0 Å². The number of hydrogen-bond donors (Lipinski definition) is 1. The number of nitro groups is 1. The van der Waals surface area contributed by atoms with Crippen molar-refractivity contribution >= 4 is 11.6 Å². The minimum Gasteiger partial charge on any atom is -0.497 e. The first-order valence-electron chi connectivity index (χ1n) is 6.56. The van der Waals surface area contributed by atoms with Crippen LogP contribution in [0.1, 0.15) is 29.0 Å². The topological polar surface area (TPSA) is 94.4 Å². The van der Waals surface area contributed by atoms with Gasteiger partial charge in [0.1, 0.15) is 11.4 Å². The molecule has 0 bridgehead atoms. The monoisotopic (exact) mass is 301 g/mol. The Bertz CT molecular complexity index is 703. The van der Waals surface area contributed by atoms with Crippen LogP contribution in [0.5, 0.6) is 5.75 Å². The number of nitro benzene ring substituents is 1. The number of hydrogen-bond acceptors (Lipinski definition) is 5. The van der Waals surface area contributed by atoms with Gasteiger partial charge in [0.2, 0.25) is 0 Å². The number of benzene rings is 1. The Morgan fingerprint density at radius 1 is 1.36 bits per heavy atom. The van der Waals surface area contributed by atoms with Gasteiger partial charge in [-0.3, -0.25) is 19.9 Å². The highest BCUT2D eigenvalue weighted by atomic mass is 16.6. The Morgan fingerprint density at radius 3 is 2.82 bits per heavy atom. The molecule has 1 N–H and O–H groups in total. The third kappa shape index (κ3) is 3.57. The molecule has 2 rings (SSSR count). The summed E-state index contributed by atoms with van der Waals surface area (Å²) in [5, 5.41) is 13.5. The van der Waals surface area contributed by atoms with E-state index >= 15 is 0 Å². The Kier molecular flexibility index (Phi) is 4.67. The highest BCUT2D eigenvalue weighted by Gasteiger charge is 2.15.